The zero-order valence-corrected chi connectivity index (χ0v) is 20.8. The topological polar surface area (TPSA) is 88.0 Å². The largest absolute Gasteiger partial charge is 0.363 e. The number of carbonyl (C=O) groups is 1. The number of piperidine rings is 1. The zero-order valence-electron chi connectivity index (χ0n) is 19.2. The van der Waals surface area contributed by atoms with Gasteiger partial charge in [0.05, 0.1) is 16.4 Å². The number of amides is 1. The highest BCUT2D eigenvalue weighted by Crippen LogP contribution is 2.30. The standard InChI is InChI=1S/C23H29N7OS2/c1-4-9-25-23(32)29-11-7-17(8-12-29)22-27-19(14-33-22)21(31)26-18-6-5-10-24-20(18)30-16(3)13-15(2)28-30/h5-6,10,13-14,17H,4,7-9,11-12H2,1-3H3,(H,25,32)(H,26,31). The van der Waals surface area contributed by atoms with Gasteiger partial charge in [-0.3, -0.25) is 4.79 Å². The monoisotopic (exact) mass is 483 g/mol. The number of nitrogens with zero attached hydrogens (tertiary/aromatic N) is 5. The van der Waals surface area contributed by atoms with E-state index in [4.69, 9.17) is 12.2 Å². The van der Waals surface area contributed by atoms with Crippen molar-refractivity contribution in [2.75, 3.05) is 25.0 Å². The first-order chi connectivity index (χ1) is 16.0. The molecular weight excluding hydrogens is 454 g/mol. The van der Waals surface area contributed by atoms with Crippen molar-refractivity contribution >= 4 is 40.3 Å². The van der Waals surface area contributed by atoms with Gasteiger partial charge in [0.25, 0.3) is 5.91 Å². The van der Waals surface area contributed by atoms with Crippen LogP contribution >= 0.6 is 23.6 Å². The molecule has 33 heavy (non-hydrogen) atoms. The number of hydrogen-bond donors (Lipinski definition) is 2. The lowest BCUT2D eigenvalue weighted by atomic mass is 9.98. The molecule has 0 aliphatic carbocycles. The number of rotatable bonds is 6. The molecular formula is C23H29N7OS2. The predicted molar refractivity (Wildman–Crippen MR) is 135 cm³/mol. The van der Waals surface area contributed by atoms with E-state index in [0.717, 1.165) is 60.4 Å². The van der Waals surface area contributed by atoms with E-state index in [0.29, 0.717) is 23.1 Å². The van der Waals surface area contributed by atoms with Gasteiger partial charge in [0.2, 0.25) is 0 Å². The van der Waals surface area contributed by atoms with E-state index in [1.807, 2.05) is 31.4 Å². The molecule has 0 spiro atoms. The van der Waals surface area contributed by atoms with E-state index < -0.39 is 0 Å². The van der Waals surface area contributed by atoms with Crippen molar-refractivity contribution in [3.63, 3.8) is 0 Å². The molecule has 2 N–H and O–H groups in total. The molecule has 0 aromatic carbocycles. The molecule has 4 heterocycles. The fraction of sp³-hybridized carbons (Fsp3) is 0.435. The number of pyridine rings is 1. The van der Waals surface area contributed by atoms with E-state index in [1.165, 1.54) is 0 Å². The number of anilines is 1. The van der Waals surface area contributed by atoms with Crippen LogP contribution in [0.25, 0.3) is 5.82 Å². The quantitative estimate of drug-likeness (QED) is 0.511. The lowest BCUT2D eigenvalue weighted by Crippen LogP contribution is -2.44. The van der Waals surface area contributed by atoms with Crippen LogP contribution in [0.5, 0.6) is 0 Å². The van der Waals surface area contributed by atoms with Crippen molar-refractivity contribution in [2.24, 2.45) is 0 Å². The highest BCUT2D eigenvalue weighted by Gasteiger charge is 2.25. The minimum atomic E-state index is -0.240. The molecule has 10 heteroatoms. The Morgan fingerprint density at radius 1 is 1.30 bits per heavy atom. The van der Waals surface area contributed by atoms with Gasteiger partial charge in [-0.2, -0.15) is 5.10 Å². The molecule has 1 aliphatic heterocycles. The SMILES string of the molecule is CCCNC(=S)N1CCC(c2nc(C(=O)Nc3cccnc3-n3nc(C)cc3C)cs2)CC1. The normalized spacial score (nSPS) is 14.3. The second-order valence-electron chi connectivity index (χ2n) is 8.23. The number of aryl methyl sites for hydroxylation is 2. The van der Waals surface area contributed by atoms with Crippen molar-refractivity contribution in [3.8, 4) is 5.82 Å². The lowest BCUT2D eigenvalue weighted by Gasteiger charge is -2.33. The maximum atomic E-state index is 13.0. The molecule has 1 amide bonds. The Hall–Kier alpha value is -2.85. The van der Waals surface area contributed by atoms with Crippen LogP contribution in [0.1, 0.15) is 59.0 Å². The summed E-state index contributed by atoms with van der Waals surface area (Å²) in [5.41, 5.74) is 2.88. The smallest absolute Gasteiger partial charge is 0.275 e. The molecule has 174 valence electrons. The van der Waals surface area contributed by atoms with Gasteiger partial charge in [-0.1, -0.05) is 6.92 Å². The van der Waals surface area contributed by atoms with Crippen LogP contribution in [0, 0.1) is 13.8 Å². The lowest BCUT2D eigenvalue weighted by molar-refractivity contribution is 0.102. The number of hydrogen-bond acceptors (Lipinski definition) is 6. The summed E-state index contributed by atoms with van der Waals surface area (Å²) in [6.45, 7) is 8.74. The average Bonchev–Trinajstić information content (AvgIpc) is 3.44. The van der Waals surface area contributed by atoms with Crippen molar-refractivity contribution in [3.05, 3.63) is 51.9 Å². The molecule has 8 nitrogen and oxygen atoms in total. The summed E-state index contributed by atoms with van der Waals surface area (Å²) in [6, 6.07) is 5.60. The third-order valence-corrected chi connectivity index (χ3v) is 7.07. The predicted octanol–water partition coefficient (Wildman–Crippen LogP) is 4.06. The Bertz CT molecular complexity index is 1130. The average molecular weight is 484 g/mol. The third kappa shape index (κ3) is 5.39. The number of nitrogens with one attached hydrogen (secondary N) is 2. The van der Waals surface area contributed by atoms with Gasteiger partial charge in [0.15, 0.2) is 10.9 Å². The van der Waals surface area contributed by atoms with Gasteiger partial charge in [0.1, 0.15) is 5.69 Å². The molecule has 0 unspecified atom stereocenters. The Morgan fingerprint density at radius 2 is 2.09 bits per heavy atom. The molecule has 0 saturated carbocycles. The highest BCUT2D eigenvalue weighted by atomic mass is 32.1. The van der Waals surface area contributed by atoms with Gasteiger partial charge in [-0.25, -0.2) is 14.6 Å². The molecule has 1 saturated heterocycles. The van der Waals surface area contributed by atoms with Crippen molar-refractivity contribution < 1.29 is 4.79 Å². The van der Waals surface area contributed by atoms with Crippen LogP contribution in [-0.4, -0.2) is 55.3 Å². The summed E-state index contributed by atoms with van der Waals surface area (Å²) in [7, 11) is 0. The van der Waals surface area contributed by atoms with Crippen molar-refractivity contribution in [1.82, 2.24) is 30.0 Å². The van der Waals surface area contributed by atoms with E-state index in [2.05, 4.69) is 37.5 Å². The van der Waals surface area contributed by atoms with Crippen LogP contribution in [0.3, 0.4) is 0 Å². The van der Waals surface area contributed by atoms with Gasteiger partial charge in [0, 0.05) is 42.8 Å². The Labute approximate surface area is 203 Å². The third-order valence-electron chi connectivity index (χ3n) is 5.66. The summed E-state index contributed by atoms with van der Waals surface area (Å²) in [5.74, 6) is 0.702. The van der Waals surface area contributed by atoms with E-state index in [9.17, 15) is 4.79 Å². The second-order valence-corrected chi connectivity index (χ2v) is 9.51. The van der Waals surface area contributed by atoms with Gasteiger partial charge < -0.3 is 15.5 Å². The maximum Gasteiger partial charge on any atom is 0.275 e. The van der Waals surface area contributed by atoms with Crippen LogP contribution in [0.4, 0.5) is 5.69 Å². The summed E-state index contributed by atoms with van der Waals surface area (Å²) in [5, 5.41) is 14.4. The molecule has 3 aromatic rings. The van der Waals surface area contributed by atoms with Gasteiger partial charge in [-0.05, 0) is 63.5 Å². The Morgan fingerprint density at radius 3 is 2.79 bits per heavy atom. The molecule has 1 fully saturated rings. The highest BCUT2D eigenvalue weighted by molar-refractivity contribution is 7.80. The summed E-state index contributed by atoms with van der Waals surface area (Å²) >= 11 is 7.04. The van der Waals surface area contributed by atoms with Crippen molar-refractivity contribution in [2.45, 2.75) is 46.0 Å². The molecule has 0 atom stereocenters. The van der Waals surface area contributed by atoms with E-state index in [1.54, 1.807) is 28.3 Å². The molecule has 0 radical (unpaired) electrons. The number of aromatic nitrogens is 4. The first-order valence-electron chi connectivity index (χ1n) is 11.2. The van der Waals surface area contributed by atoms with Crippen LogP contribution in [0.2, 0.25) is 0 Å². The maximum absolute atomic E-state index is 13.0. The minimum Gasteiger partial charge on any atom is -0.363 e. The number of thiazole rings is 1. The first kappa shape index (κ1) is 23.3. The Kier molecular flexibility index (Phi) is 7.34. The van der Waals surface area contributed by atoms with Crippen LogP contribution < -0.4 is 10.6 Å². The number of likely N-dealkylation sites (tertiary alicyclic amines) is 1. The van der Waals surface area contributed by atoms with E-state index >= 15 is 0 Å². The van der Waals surface area contributed by atoms with Crippen LogP contribution in [0.15, 0.2) is 29.8 Å². The fourth-order valence-electron chi connectivity index (χ4n) is 3.95. The summed E-state index contributed by atoms with van der Waals surface area (Å²) in [4.78, 5) is 24.3. The van der Waals surface area contributed by atoms with E-state index in [-0.39, 0.29) is 5.91 Å². The van der Waals surface area contributed by atoms with Gasteiger partial charge >= 0.3 is 0 Å². The Balaban J connectivity index is 1.41. The van der Waals surface area contributed by atoms with Gasteiger partial charge in [-0.15, -0.1) is 11.3 Å². The van der Waals surface area contributed by atoms with Crippen molar-refractivity contribution in [1.29, 1.82) is 0 Å². The zero-order chi connectivity index (χ0) is 23.4. The molecule has 3 aromatic heterocycles. The number of carbonyl (C=O) groups excluding carboxylic acids is 1. The van der Waals surface area contributed by atoms with Crippen LogP contribution in [-0.2, 0) is 0 Å². The summed E-state index contributed by atoms with van der Waals surface area (Å²) < 4.78 is 1.74. The fourth-order valence-corrected chi connectivity index (χ4v) is 5.20. The minimum absolute atomic E-state index is 0.240. The number of thiocarbonyl (C=S) groups is 1. The molecule has 0 bridgehead atoms. The molecule has 4 rings (SSSR count). The second kappa shape index (κ2) is 10.4. The molecule has 1 aliphatic rings. The first-order valence-corrected chi connectivity index (χ1v) is 12.5. The summed E-state index contributed by atoms with van der Waals surface area (Å²) in [6.07, 6.45) is 4.71.